The molecule has 1 N–H and O–H groups in total. The first-order valence-electron chi connectivity index (χ1n) is 7.29. The number of nitrogens with one attached hydrogen (secondary N) is 1. The zero-order valence-electron chi connectivity index (χ0n) is 11.4. The van der Waals surface area contributed by atoms with Crippen LogP contribution in [-0.4, -0.2) is 30.0 Å². The molecule has 19 heavy (non-hydrogen) atoms. The lowest BCUT2D eigenvalue weighted by Gasteiger charge is -2.31. The second-order valence-electron chi connectivity index (χ2n) is 5.47. The summed E-state index contributed by atoms with van der Waals surface area (Å²) in [6, 6.07) is -0.0121. The lowest BCUT2D eigenvalue weighted by atomic mass is 10.1. The van der Waals surface area contributed by atoms with Gasteiger partial charge >= 0.3 is 0 Å². The second kappa shape index (κ2) is 5.59. The number of amides is 1. The zero-order valence-corrected chi connectivity index (χ0v) is 12.2. The summed E-state index contributed by atoms with van der Waals surface area (Å²) >= 11 is 1.62. The van der Waals surface area contributed by atoms with Crippen LogP contribution in [0.3, 0.4) is 0 Å². The van der Waals surface area contributed by atoms with Gasteiger partial charge in [0.1, 0.15) is 0 Å². The van der Waals surface area contributed by atoms with Crippen LogP contribution >= 0.6 is 11.3 Å². The van der Waals surface area contributed by atoms with Crippen LogP contribution in [0, 0.1) is 0 Å². The van der Waals surface area contributed by atoms with Crippen LogP contribution in [0.2, 0.25) is 0 Å². The molecule has 1 saturated carbocycles. The molecule has 1 amide bonds. The second-order valence-corrected chi connectivity index (χ2v) is 6.30. The fraction of sp³-hybridized carbons (Fsp3) is 0.714. The Kier molecular flexibility index (Phi) is 3.84. The van der Waals surface area contributed by atoms with Gasteiger partial charge in [-0.1, -0.05) is 6.92 Å². The van der Waals surface area contributed by atoms with Gasteiger partial charge < -0.3 is 5.32 Å². The van der Waals surface area contributed by atoms with Crippen molar-refractivity contribution in [3.63, 3.8) is 0 Å². The van der Waals surface area contributed by atoms with Crippen molar-refractivity contribution < 1.29 is 4.79 Å². The number of piperidine rings is 1. The number of thiazole rings is 1. The number of nitrogens with zero attached hydrogens (tertiary/aromatic N) is 2. The smallest absolute Gasteiger partial charge is 0.245 e. The molecule has 0 aromatic carbocycles. The van der Waals surface area contributed by atoms with E-state index in [1.54, 1.807) is 11.3 Å². The summed E-state index contributed by atoms with van der Waals surface area (Å²) in [5, 5.41) is 6.37. The Hall–Kier alpha value is -0.940. The minimum absolute atomic E-state index is 0.0121. The van der Waals surface area contributed by atoms with Crippen LogP contribution in [0.1, 0.15) is 50.6 Å². The van der Waals surface area contributed by atoms with Gasteiger partial charge in [0.05, 0.1) is 11.7 Å². The Labute approximate surface area is 118 Å². The quantitative estimate of drug-likeness (QED) is 0.901. The van der Waals surface area contributed by atoms with Gasteiger partial charge in [0.2, 0.25) is 5.91 Å². The Morgan fingerprint density at radius 1 is 1.47 bits per heavy atom. The maximum atomic E-state index is 12.5. The highest BCUT2D eigenvalue weighted by Crippen LogP contribution is 2.41. The van der Waals surface area contributed by atoms with Gasteiger partial charge in [-0.3, -0.25) is 9.69 Å². The topological polar surface area (TPSA) is 45.2 Å². The predicted octanol–water partition coefficient (Wildman–Crippen LogP) is 2.52. The maximum absolute atomic E-state index is 12.5. The van der Waals surface area contributed by atoms with Gasteiger partial charge in [0, 0.05) is 17.8 Å². The van der Waals surface area contributed by atoms with Crippen LogP contribution in [0.25, 0.3) is 0 Å². The number of hydrogen-bond donors (Lipinski definition) is 1. The minimum Gasteiger partial charge on any atom is -0.306 e. The first-order valence-corrected chi connectivity index (χ1v) is 8.17. The summed E-state index contributed by atoms with van der Waals surface area (Å²) in [4.78, 5) is 19.0. The van der Waals surface area contributed by atoms with E-state index in [2.05, 4.69) is 22.6 Å². The molecule has 4 nitrogen and oxygen atoms in total. The molecule has 1 saturated heterocycles. The van der Waals surface area contributed by atoms with E-state index in [1.165, 1.54) is 18.5 Å². The van der Waals surface area contributed by atoms with E-state index in [0.717, 1.165) is 37.5 Å². The Bertz CT molecular complexity index is 455. The van der Waals surface area contributed by atoms with Crippen LogP contribution in [0.5, 0.6) is 0 Å². The third-order valence-corrected chi connectivity index (χ3v) is 4.70. The van der Waals surface area contributed by atoms with Crippen molar-refractivity contribution in [2.75, 3.05) is 18.0 Å². The van der Waals surface area contributed by atoms with Gasteiger partial charge in [0.25, 0.3) is 0 Å². The van der Waals surface area contributed by atoms with E-state index in [4.69, 9.17) is 0 Å². The van der Waals surface area contributed by atoms with Gasteiger partial charge in [-0.15, -0.1) is 11.3 Å². The molecule has 1 aliphatic carbocycles. The average Bonchev–Trinajstić information content (AvgIpc) is 3.16. The summed E-state index contributed by atoms with van der Waals surface area (Å²) in [5.74, 6) is 0.871. The van der Waals surface area contributed by atoms with Crippen molar-refractivity contribution in [1.29, 1.82) is 0 Å². The zero-order chi connectivity index (χ0) is 13.2. The third-order valence-electron chi connectivity index (χ3n) is 3.82. The van der Waals surface area contributed by atoms with E-state index < -0.39 is 0 Å². The summed E-state index contributed by atoms with van der Waals surface area (Å²) in [5.41, 5.74) is 1.19. The lowest BCUT2D eigenvalue weighted by molar-refractivity contribution is -0.121. The average molecular weight is 279 g/mol. The first kappa shape index (κ1) is 13.1. The standard InChI is InChI=1S/C14H21N3OS/c1-2-7-15-11-4-3-8-17(13(11)18)14-16-12(9-19-14)10-5-6-10/h9-11,15H,2-8H2,1H3. The molecular weight excluding hydrogens is 258 g/mol. The summed E-state index contributed by atoms with van der Waals surface area (Å²) in [6.07, 6.45) is 5.60. The van der Waals surface area contributed by atoms with Crippen molar-refractivity contribution in [3.8, 4) is 0 Å². The number of hydrogen-bond acceptors (Lipinski definition) is 4. The van der Waals surface area contributed by atoms with Gasteiger partial charge in [-0.05, 0) is 38.6 Å². The molecule has 2 fully saturated rings. The Morgan fingerprint density at radius 3 is 3.05 bits per heavy atom. The molecule has 1 aromatic rings. The molecule has 104 valence electrons. The van der Waals surface area contributed by atoms with Crippen molar-refractivity contribution in [3.05, 3.63) is 11.1 Å². The molecular formula is C14H21N3OS. The minimum atomic E-state index is -0.0121. The van der Waals surface area contributed by atoms with E-state index in [1.807, 2.05) is 4.90 Å². The number of carbonyl (C=O) groups is 1. The Balaban J connectivity index is 1.69. The molecule has 1 aromatic heterocycles. The molecule has 5 heteroatoms. The fourth-order valence-corrected chi connectivity index (χ4v) is 3.48. The summed E-state index contributed by atoms with van der Waals surface area (Å²) < 4.78 is 0. The molecule has 2 heterocycles. The van der Waals surface area contributed by atoms with Crippen LogP contribution in [0.4, 0.5) is 5.13 Å². The normalized spacial score (nSPS) is 23.9. The fourth-order valence-electron chi connectivity index (χ4n) is 2.54. The molecule has 2 aliphatic rings. The van der Waals surface area contributed by atoms with E-state index >= 15 is 0 Å². The monoisotopic (exact) mass is 279 g/mol. The molecule has 0 bridgehead atoms. The van der Waals surface area contributed by atoms with Crippen molar-refractivity contribution in [2.45, 2.75) is 51.0 Å². The number of rotatable bonds is 5. The van der Waals surface area contributed by atoms with Crippen molar-refractivity contribution in [2.24, 2.45) is 0 Å². The van der Waals surface area contributed by atoms with E-state index in [0.29, 0.717) is 5.92 Å². The molecule has 0 radical (unpaired) electrons. The molecule has 0 spiro atoms. The molecule has 1 unspecified atom stereocenters. The Morgan fingerprint density at radius 2 is 2.32 bits per heavy atom. The molecule has 3 rings (SSSR count). The van der Waals surface area contributed by atoms with Crippen LogP contribution < -0.4 is 10.2 Å². The van der Waals surface area contributed by atoms with Crippen molar-refractivity contribution in [1.82, 2.24) is 10.3 Å². The van der Waals surface area contributed by atoms with Gasteiger partial charge in [-0.25, -0.2) is 4.98 Å². The van der Waals surface area contributed by atoms with Crippen LogP contribution in [0.15, 0.2) is 5.38 Å². The number of carbonyl (C=O) groups excluding carboxylic acids is 1. The maximum Gasteiger partial charge on any atom is 0.245 e. The highest BCUT2D eigenvalue weighted by molar-refractivity contribution is 7.14. The largest absolute Gasteiger partial charge is 0.306 e. The lowest BCUT2D eigenvalue weighted by Crippen LogP contribution is -2.51. The first-order chi connectivity index (χ1) is 9.29. The third kappa shape index (κ3) is 2.82. The number of anilines is 1. The summed E-state index contributed by atoms with van der Waals surface area (Å²) in [6.45, 7) is 3.86. The SMILES string of the molecule is CCCNC1CCCN(c2nc(C3CC3)cs2)C1=O. The summed E-state index contributed by atoms with van der Waals surface area (Å²) in [7, 11) is 0. The van der Waals surface area contributed by atoms with E-state index in [-0.39, 0.29) is 11.9 Å². The van der Waals surface area contributed by atoms with Gasteiger partial charge in [-0.2, -0.15) is 0 Å². The number of aromatic nitrogens is 1. The van der Waals surface area contributed by atoms with E-state index in [9.17, 15) is 4.79 Å². The van der Waals surface area contributed by atoms with Crippen molar-refractivity contribution >= 4 is 22.4 Å². The van der Waals surface area contributed by atoms with Gasteiger partial charge in [0.15, 0.2) is 5.13 Å². The predicted molar refractivity (Wildman–Crippen MR) is 77.8 cm³/mol. The van der Waals surface area contributed by atoms with Crippen LogP contribution in [-0.2, 0) is 4.79 Å². The highest BCUT2D eigenvalue weighted by atomic mass is 32.1. The molecule has 1 aliphatic heterocycles. The highest BCUT2D eigenvalue weighted by Gasteiger charge is 2.32. The molecule has 1 atom stereocenters.